The van der Waals surface area contributed by atoms with Crippen LogP contribution in [0.5, 0.6) is 5.75 Å². The molecule has 0 amide bonds. The van der Waals surface area contributed by atoms with Gasteiger partial charge in [0, 0.05) is 28.3 Å². The van der Waals surface area contributed by atoms with Gasteiger partial charge < -0.3 is 15.2 Å². The Kier molecular flexibility index (Phi) is 6.81. The number of methoxy groups -OCH3 is 1. The fourth-order valence-electron chi connectivity index (χ4n) is 4.80. The van der Waals surface area contributed by atoms with Crippen LogP contribution < -0.4 is 10.1 Å². The maximum absolute atomic E-state index is 11.0. The van der Waals surface area contributed by atoms with Gasteiger partial charge >= 0.3 is 5.97 Å². The maximum Gasteiger partial charge on any atom is 0.330 e. The Balaban J connectivity index is 1.56. The minimum Gasteiger partial charge on any atom is -0.496 e. The molecule has 0 spiro atoms. The second-order valence-electron chi connectivity index (χ2n) is 10.3. The third kappa shape index (κ3) is 5.60. The van der Waals surface area contributed by atoms with Crippen molar-refractivity contribution in [3.05, 3.63) is 64.3 Å². The van der Waals surface area contributed by atoms with E-state index in [-0.39, 0.29) is 11.3 Å². The molecule has 0 radical (unpaired) electrons. The zero-order valence-electron chi connectivity index (χ0n) is 20.2. The Morgan fingerprint density at radius 2 is 2.06 bits per heavy atom. The van der Waals surface area contributed by atoms with Crippen molar-refractivity contribution in [1.29, 1.82) is 0 Å². The summed E-state index contributed by atoms with van der Waals surface area (Å²) in [6.07, 6.45) is 13.6. The van der Waals surface area contributed by atoms with Gasteiger partial charge in [0.2, 0.25) is 0 Å². The van der Waals surface area contributed by atoms with Crippen LogP contribution in [0.25, 0.3) is 0 Å². The summed E-state index contributed by atoms with van der Waals surface area (Å²) < 4.78 is 5.87. The molecule has 3 aliphatic carbocycles. The number of rotatable bonds is 6. The van der Waals surface area contributed by atoms with Gasteiger partial charge in [-0.25, -0.2) is 4.79 Å². The molecule has 1 fully saturated rings. The van der Waals surface area contributed by atoms with Gasteiger partial charge in [-0.15, -0.1) is 0 Å². The van der Waals surface area contributed by atoms with Crippen molar-refractivity contribution in [2.24, 2.45) is 11.8 Å². The molecule has 0 heterocycles. The lowest BCUT2D eigenvalue weighted by Gasteiger charge is -2.38. The summed E-state index contributed by atoms with van der Waals surface area (Å²) in [6, 6.07) is 4.67. The first-order valence-electron chi connectivity index (χ1n) is 12.0. The largest absolute Gasteiger partial charge is 0.496 e. The highest BCUT2D eigenvalue weighted by Crippen LogP contribution is 2.46. The van der Waals surface area contributed by atoms with Crippen molar-refractivity contribution in [3.63, 3.8) is 0 Å². The average Bonchev–Trinajstić information content (AvgIpc) is 3.62. The summed E-state index contributed by atoms with van der Waals surface area (Å²) in [5, 5.41) is 12.9. The summed E-state index contributed by atoms with van der Waals surface area (Å²) in [5.74, 6) is 7.66. The summed E-state index contributed by atoms with van der Waals surface area (Å²) in [5.41, 5.74) is 5.05. The predicted octanol–water partition coefficient (Wildman–Crippen LogP) is 5.69. The molecule has 0 saturated heterocycles. The molecule has 33 heavy (non-hydrogen) atoms. The van der Waals surface area contributed by atoms with Crippen LogP contribution in [0.4, 0.5) is 0 Å². The monoisotopic (exact) mass is 445 g/mol. The summed E-state index contributed by atoms with van der Waals surface area (Å²) >= 11 is 0. The van der Waals surface area contributed by atoms with E-state index in [9.17, 15) is 4.79 Å². The fourth-order valence-corrected chi connectivity index (χ4v) is 4.80. The van der Waals surface area contributed by atoms with Gasteiger partial charge in [-0.1, -0.05) is 50.0 Å². The number of carbonyl (C=O) groups is 1. The molecule has 4 heteroatoms. The lowest BCUT2D eigenvalue weighted by molar-refractivity contribution is -0.132. The number of nitrogens with one attached hydrogen (secondary N) is 1. The number of carboxylic acid groups (broad SMARTS) is 1. The van der Waals surface area contributed by atoms with E-state index in [0.717, 1.165) is 48.6 Å². The lowest BCUT2D eigenvalue weighted by atomic mass is 9.70. The van der Waals surface area contributed by atoms with Crippen LogP contribution in [-0.2, 0) is 10.2 Å². The van der Waals surface area contributed by atoms with Gasteiger partial charge in [0.1, 0.15) is 5.75 Å². The van der Waals surface area contributed by atoms with E-state index < -0.39 is 5.97 Å². The lowest BCUT2D eigenvalue weighted by Crippen LogP contribution is -2.34. The number of aliphatic carboxylic acids is 1. The molecule has 2 atom stereocenters. The summed E-state index contributed by atoms with van der Waals surface area (Å²) in [6.45, 7) is 7.36. The number of fused-ring (bicyclic) bond motifs is 1. The smallest absolute Gasteiger partial charge is 0.330 e. The van der Waals surface area contributed by atoms with E-state index in [0.29, 0.717) is 11.6 Å². The summed E-state index contributed by atoms with van der Waals surface area (Å²) in [4.78, 5) is 11.0. The Bertz CT molecular complexity index is 1080. The molecular weight excluding hydrogens is 410 g/mol. The minimum atomic E-state index is -0.868. The molecule has 0 bridgehead atoms. The van der Waals surface area contributed by atoms with E-state index >= 15 is 0 Å². The second kappa shape index (κ2) is 9.61. The normalized spacial score (nSPS) is 23.8. The summed E-state index contributed by atoms with van der Waals surface area (Å²) in [7, 11) is 1.76. The van der Waals surface area contributed by atoms with Crippen LogP contribution in [0.15, 0.2) is 47.6 Å². The van der Waals surface area contributed by atoms with Crippen LogP contribution in [0, 0.1) is 23.7 Å². The first-order valence-corrected chi connectivity index (χ1v) is 12.0. The number of allylic oxidation sites excluding steroid dienone is 5. The maximum atomic E-state index is 11.0. The number of hydrogen-bond acceptors (Lipinski definition) is 3. The van der Waals surface area contributed by atoms with Crippen LogP contribution >= 0.6 is 0 Å². The zero-order valence-corrected chi connectivity index (χ0v) is 20.2. The molecule has 1 aromatic rings. The Morgan fingerprint density at radius 1 is 1.27 bits per heavy atom. The third-order valence-corrected chi connectivity index (χ3v) is 7.13. The number of ether oxygens (including phenoxy) is 1. The van der Waals surface area contributed by atoms with Crippen LogP contribution in [0.2, 0.25) is 0 Å². The molecular formula is C29H35NO3. The van der Waals surface area contributed by atoms with Crippen molar-refractivity contribution in [2.75, 3.05) is 13.7 Å². The minimum absolute atomic E-state index is 0.0869. The van der Waals surface area contributed by atoms with E-state index in [1.165, 1.54) is 24.0 Å². The van der Waals surface area contributed by atoms with E-state index in [1.807, 2.05) is 12.2 Å². The molecule has 1 saturated carbocycles. The molecule has 2 N–H and O–H groups in total. The van der Waals surface area contributed by atoms with Crippen LogP contribution in [0.3, 0.4) is 0 Å². The van der Waals surface area contributed by atoms with Gasteiger partial charge in [0.15, 0.2) is 0 Å². The first-order chi connectivity index (χ1) is 15.8. The Labute approximate surface area is 197 Å². The van der Waals surface area contributed by atoms with Crippen molar-refractivity contribution >= 4 is 5.97 Å². The van der Waals surface area contributed by atoms with Gasteiger partial charge in [-0.2, -0.15) is 0 Å². The standard InChI is InChI=1S/C29H35NO3/c1-19(28(31)32)15-21-8-5-20(6-9-21)7-12-23-16-24-27(26(17-23)33-4)25(13-14-29(24,2)3)30-18-22-10-11-22/h5-6,8,15-17,21-22,25,30H,9-11,13-14,18H2,1-4H3,(H,31,32)/b19-15+. The molecule has 4 rings (SSSR count). The predicted molar refractivity (Wildman–Crippen MR) is 132 cm³/mol. The van der Waals surface area contributed by atoms with Crippen molar-refractivity contribution in [2.45, 2.75) is 64.3 Å². The highest BCUT2D eigenvalue weighted by molar-refractivity contribution is 5.85. The highest BCUT2D eigenvalue weighted by atomic mass is 16.5. The topological polar surface area (TPSA) is 58.6 Å². The molecule has 0 aliphatic heterocycles. The number of benzene rings is 1. The highest BCUT2D eigenvalue weighted by Gasteiger charge is 2.36. The first kappa shape index (κ1) is 23.4. The van der Waals surface area contributed by atoms with Gasteiger partial charge in [0.05, 0.1) is 7.11 Å². The number of carboxylic acids is 1. The van der Waals surface area contributed by atoms with Gasteiger partial charge in [-0.3, -0.25) is 0 Å². The molecule has 0 aromatic heterocycles. The van der Waals surface area contributed by atoms with E-state index in [2.05, 4.69) is 49.2 Å². The third-order valence-electron chi connectivity index (χ3n) is 7.13. The van der Waals surface area contributed by atoms with Crippen molar-refractivity contribution < 1.29 is 14.6 Å². The van der Waals surface area contributed by atoms with E-state index in [4.69, 9.17) is 9.84 Å². The zero-order chi connectivity index (χ0) is 23.6. The van der Waals surface area contributed by atoms with Crippen molar-refractivity contribution in [3.8, 4) is 17.6 Å². The molecule has 4 nitrogen and oxygen atoms in total. The van der Waals surface area contributed by atoms with Gasteiger partial charge in [0.25, 0.3) is 0 Å². The number of hydrogen-bond donors (Lipinski definition) is 2. The Morgan fingerprint density at radius 3 is 2.70 bits per heavy atom. The van der Waals surface area contributed by atoms with Gasteiger partial charge in [-0.05, 0) is 80.5 Å². The average molecular weight is 446 g/mol. The quantitative estimate of drug-likeness (QED) is 0.436. The molecule has 2 unspecified atom stereocenters. The molecule has 3 aliphatic rings. The van der Waals surface area contributed by atoms with E-state index in [1.54, 1.807) is 20.1 Å². The Hall–Kier alpha value is -2.77. The molecule has 174 valence electrons. The second-order valence-corrected chi connectivity index (χ2v) is 10.3. The van der Waals surface area contributed by atoms with Crippen molar-refractivity contribution in [1.82, 2.24) is 5.32 Å². The fraction of sp³-hybridized carbons (Fsp3) is 0.483. The SMILES string of the molecule is COc1cc(C#CC2=CCC(/C=C(\C)C(=O)O)C=C2)cc2c1C(NCC1CC1)CCC2(C)C. The van der Waals surface area contributed by atoms with Crippen LogP contribution in [-0.4, -0.2) is 24.7 Å². The molecule has 1 aromatic carbocycles. The van der Waals surface area contributed by atoms with Crippen LogP contribution in [0.1, 0.15) is 75.6 Å².